The fourth-order valence-corrected chi connectivity index (χ4v) is 1.26. The number of likely N-dealkylation sites (N-methyl/N-ethyl adjacent to an activating group) is 1. The smallest absolute Gasteiger partial charge is 0.248 e. The SMILES string of the molecule is CNCC(=O)NCc1cccc(C(N)=O)c1.Cl. The Morgan fingerprint density at radius 3 is 2.65 bits per heavy atom. The van der Waals surface area contributed by atoms with E-state index in [1.165, 1.54) is 0 Å². The van der Waals surface area contributed by atoms with Crippen molar-refractivity contribution in [1.82, 2.24) is 10.6 Å². The molecule has 4 N–H and O–H groups in total. The molecule has 17 heavy (non-hydrogen) atoms. The third-order valence-electron chi connectivity index (χ3n) is 2.04. The molecule has 0 saturated heterocycles. The zero-order chi connectivity index (χ0) is 12.0. The minimum Gasteiger partial charge on any atom is -0.366 e. The van der Waals surface area contributed by atoms with Crippen molar-refractivity contribution in [2.75, 3.05) is 13.6 Å². The van der Waals surface area contributed by atoms with Gasteiger partial charge in [-0.2, -0.15) is 0 Å². The van der Waals surface area contributed by atoms with Crippen molar-refractivity contribution < 1.29 is 9.59 Å². The summed E-state index contributed by atoms with van der Waals surface area (Å²) in [6.07, 6.45) is 0. The number of rotatable bonds is 5. The molecule has 0 unspecified atom stereocenters. The zero-order valence-corrected chi connectivity index (χ0v) is 10.3. The molecular formula is C11H16ClN3O2. The highest BCUT2D eigenvalue weighted by molar-refractivity contribution is 5.92. The number of carbonyl (C=O) groups excluding carboxylic acids is 2. The Kier molecular flexibility index (Phi) is 6.93. The minimum absolute atomic E-state index is 0. The van der Waals surface area contributed by atoms with E-state index in [9.17, 15) is 9.59 Å². The fourth-order valence-electron chi connectivity index (χ4n) is 1.26. The van der Waals surface area contributed by atoms with E-state index in [1.54, 1.807) is 25.2 Å². The number of nitrogens with one attached hydrogen (secondary N) is 2. The summed E-state index contributed by atoms with van der Waals surface area (Å²) in [6.45, 7) is 0.664. The molecule has 1 aromatic carbocycles. The van der Waals surface area contributed by atoms with Gasteiger partial charge in [0.2, 0.25) is 11.8 Å². The van der Waals surface area contributed by atoms with Crippen LogP contribution in [0.25, 0.3) is 0 Å². The lowest BCUT2D eigenvalue weighted by molar-refractivity contribution is -0.120. The van der Waals surface area contributed by atoms with Crippen LogP contribution in [0.5, 0.6) is 0 Å². The van der Waals surface area contributed by atoms with Crippen molar-refractivity contribution in [3.8, 4) is 0 Å². The lowest BCUT2D eigenvalue weighted by atomic mass is 10.1. The van der Waals surface area contributed by atoms with Crippen molar-refractivity contribution >= 4 is 24.2 Å². The Bertz CT molecular complexity index is 396. The largest absolute Gasteiger partial charge is 0.366 e. The quantitative estimate of drug-likeness (QED) is 0.697. The maximum Gasteiger partial charge on any atom is 0.248 e. The summed E-state index contributed by atoms with van der Waals surface area (Å²) in [5, 5.41) is 5.46. The molecule has 0 fully saturated rings. The van der Waals surface area contributed by atoms with Gasteiger partial charge < -0.3 is 16.4 Å². The van der Waals surface area contributed by atoms with Crippen molar-refractivity contribution in [3.63, 3.8) is 0 Å². The molecule has 1 rings (SSSR count). The van der Waals surface area contributed by atoms with Crippen molar-refractivity contribution in [2.24, 2.45) is 5.73 Å². The molecule has 1 aromatic rings. The van der Waals surface area contributed by atoms with Crippen molar-refractivity contribution in [2.45, 2.75) is 6.54 Å². The number of carbonyl (C=O) groups is 2. The summed E-state index contributed by atoms with van der Waals surface area (Å²) >= 11 is 0. The van der Waals surface area contributed by atoms with Crippen LogP contribution in [0.3, 0.4) is 0 Å². The number of nitrogens with two attached hydrogens (primary N) is 1. The Balaban J connectivity index is 0.00000256. The number of hydrogen-bond acceptors (Lipinski definition) is 3. The van der Waals surface area contributed by atoms with Gasteiger partial charge >= 0.3 is 0 Å². The average Bonchev–Trinajstić information content (AvgIpc) is 2.27. The van der Waals surface area contributed by atoms with Gasteiger partial charge in [-0.15, -0.1) is 12.4 Å². The van der Waals surface area contributed by atoms with Gasteiger partial charge in [-0.05, 0) is 24.7 Å². The number of halogens is 1. The van der Waals surface area contributed by atoms with E-state index >= 15 is 0 Å². The van der Waals surface area contributed by atoms with Gasteiger partial charge in [0.1, 0.15) is 0 Å². The first kappa shape index (κ1) is 15.4. The summed E-state index contributed by atoms with van der Waals surface area (Å²) < 4.78 is 0. The van der Waals surface area contributed by atoms with E-state index in [0.29, 0.717) is 12.1 Å². The monoisotopic (exact) mass is 257 g/mol. The summed E-state index contributed by atoms with van der Waals surface area (Å²) in [5.41, 5.74) is 6.44. The molecule has 0 aliphatic rings. The number of amides is 2. The maximum absolute atomic E-state index is 11.2. The van der Waals surface area contributed by atoms with Crippen LogP contribution in [0, 0.1) is 0 Å². The third-order valence-corrected chi connectivity index (χ3v) is 2.04. The number of hydrogen-bond donors (Lipinski definition) is 3. The Morgan fingerprint density at radius 1 is 1.35 bits per heavy atom. The molecule has 0 aliphatic heterocycles. The van der Waals surface area contributed by atoms with Crippen LogP contribution in [0.4, 0.5) is 0 Å². The average molecular weight is 258 g/mol. The second-order valence-electron chi connectivity index (χ2n) is 3.37. The standard InChI is InChI=1S/C11H15N3O2.ClH/c1-13-7-10(15)14-6-8-3-2-4-9(5-8)11(12)16;/h2-5,13H,6-7H2,1H3,(H2,12,16)(H,14,15);1H. The van der Waals surface area contributed by atoms with Gasteiger partial charge in [-0.1, -0.05) is 12.1 Å². The lowest BCUT2D eigenvalue weighted by Gasteiger charge is -2.05. The van der Waals surface area contributed by atoms with Gasteiger partial charge in [-0.25, -0.2) is 0 Å². The highest BCUT2D eigenvalue weighted by atomic mass is 35.5. The highest BCUT2D eigenvalue weighted by Crippen LogP contribution is 2.04. The second-order valence-corrected chi connectivity index (χ2v) is 3.37. The van der Waals surface area contributed by atoms with E-state index in [-0.39, 0.29) is 24.9 Å². The number of primary amides is 1. The Hall–Kier alpha value is -1.59. The Labute approximate surface area is 106 Å². The van der Waals surface area contributed by atoms with Crippen molar-refractivity contribution in [3.05, 3.63) is 35.4 Å². The van der Waals surface area contributed by atoms with E-state index in [4.69, 9.17) is 5.73 Å². The molecule has 94 valence electrons. The normalized spacial score (nSPS) is 9.24. The molecule has 0 saturated carbocycles. The molecule has 0 atom stereocenters. The first-order valence-corrected chi connectivity index (χ1v) is 4.93. The van der Waals surface area contributed by atoms with Gasteiger partial charge in [0, 0.05) is 12.1 Å². The Morgan fingerprint density at radius 2 is 2.06 bits per heavy atom. The van der Waals surface area contributed by atoms with Crippen molar-refractivity contribution in [1.29, 1.82) is 0 Å². The molecule has 0 radical (unpaired) electrons. The highest BCUT2D eigenvalue weighted by Gasteiger charge is 2.02. The van der Waals surface area contributed by atoms with Crippen LogP contribution in [0.1, 0.15) is 15.9 Å². The maximum atomic E-state index is 11.2. The molecule has 6 heteroatoms. The van der Waals surface area contributed by atoms with Crippen LogP contribution < -0.4 is 16.4 Å². The lowest BCUT2D eigenvalue weighted by Crippen LogP contribution is -2.31. The van der Waals surface area contributed by atoms with Crippen LogP contribution >= 0.6 is 12.4 Å². The first-order chi connectivity index (χ1) is 7.63. The van der Waals surface area contributed by atoms with E-state index < -0.39 is 5.91 Å². The van der Waals surface area contributed by atoms with Crippen LogP contribution in [0.15, 0.2) is 24.3 Å². The third kappa shape index (κ3) is 5.33. The molecule has 2 amide bonds. The predicted octanol–water partition coefficient (Wildman–Crippen LogP) is 0.0429. The molecule has 0 aromatic heterocycles. The van der Waals surface area contributed by atoms with Crippen LogP contribution in [-0.2, 0) is 11.3 Å². The molecule has 0 heterocycles. The van der Waals surface area contributed by atoms with E-state index in [2.05, 4.69) is 10.6 Å². The summed E-state index contributed by atoms with van der Waals surface area (Å²) in [5.74, 6) is -0.560. The first-order valence-electron chi connectivity index (χ1n) is 4.93. The summed E-state index contributed by atoms with van der Waals surface area (Å²) in [6, 6.07) is 6.87. The fraction of sp³-hybridized carbons (Fsp3) is 0.273. The summed E-state index contributed by atoms with van der Waals surface area (Å²) in [7, 11) is 1.70. The summed E-state index contributed by atoms with van der Waals surface area (Å²) in [4.78, 5) is 22.1. The van der Waals surface area contributed by atoms with E-state index in [0.717, 1.165) is 5.56 Å². The topological polar surface area (TPSA) is 84.2 Å². The van der Waals surface area contributed by atoms with Gasteiger partial charge in [0.15, 0.2) is 0 Å². The van der Waals surface area contributed by atoms with Gasteiger partial charge in [0.25, 0.3) is 0 Å². The molecule has 0 spiro atoms. The van der Waals surface area contributed by atoms with Gasteiger partial charge in [-0.3, -0.25) is 9.59 Å². The zero-order valence-electron chi connectivity index (χ0n) is 9.53. The minimum atomic E-state index is -0.469. The van der Waals surface area contributed by atoms with Crippen LogP contribution in [0.2, 0.25) is 0 Å². The predicted molar refractivity (Wildman–Crippen MR) is 68.0 cm³/mol. The molecule has 0 aliphatic carbocycles. The molecular weight excluding hydrogens is 242 g/mol. The van der Waals surface area contributed by atoms with Crippen LogP contribution in [-0.4, -0.2) is 25.4 Å². The molecule has 0 bridgehead atoms. The second kappa shape index (κ2) is 7.65. The van der Waals surface area contributed by atoms with Gasteiger partial charge in [0.05, 0.1) is 6.54 Å². The molecule has 5 nitrogen and oxygen atoms in total. The number of benzene rings is 1. The van der Waals surface area contributed by atoms with E-state index in [1.807, 2.05) is 6.07 Å².